The van der Waals surface area contributed by atoms with E-state index in [1.165, 1.54) is 0 Å². The Balaban J connectivity index is 1.66. The molecule has 1 aliphatic heterocycles. The summed E-state index contributed by atoms with van der Waals surface area (Å²) in [7, 11) is 3.43. The number of carbonyl (C=O) groups is 1. The normalized spacial score (nSPS) is 15.2. The Morgan fingerprint density at radius 2 is 2.19 bits per heavy atom. The molecular formula is C18H25N7O2. The number of amides is 1. The maximum atomic E-state index is 12.6. The fraction of sp³-hybridized carbons (Fsp3) is 0.444. The molecule has 1 amide bonds. The highest BCUT2D eigenvalue weighted by Crippen LogP contribution is 2.16. The van der Waals surface area contributed by atoms with Gasteiger partial charge in [0.05, 0.1) is 25.5 Å². The number of anilines is 1. The third-order valence-corrected chi connectivity index (χ3v) is 4.28. The van der Waals surface area contributed by atoms with E-state index < -0.39 is 0 Å². The highest BCUT2D eigenvalue weighted by molar-refractivity contribution is 5.98. The van der Waals surface area contributed by atoms with E-state index in [9.17, 15) is 4.79 Å². The van der Waals surface area contributed by atoms with Gasteiger partial charge in [0.2, 0.25) is 11.8 Å². The van der Waals surface area contributed by atoms with Gasteiger partial charge >= 0.3 is 0 Å². The maximum Gasteiger partial charge on any atom is 0.246 e. The molecule has 0 bridgehead atoms. The van der Waals surface area contributed by atoms with Crippen LogP contribution in [0.2, 0.25) is 0 Å². The second-order valence-corrected chi connectivity index (χ2v) is 6.22. The van der Waals surface area contributed by atoms with Crippen LogP contribution < -0.4 is 15.0 Å². The van der Waals surface area contributed by atoms with E-state index in [-0.39, 0.29) is 12.5 Å². The zero-order chi connectivity index (χ0) is 19.2. The molecule has 3 rings (SSSR count). The van der Waals surface area contributed by atoms with Crippen LogP contribution in [0.5, 0.6) is 5.88 Å². The number of nitrogens with one attached hydrogen (secondary N) is 1. The van der Waals surface area contributed by atoms with Gasteiger partial charge in [-0.15, -0.1) is 0 Å². The Morgan fingerprint density at radius 1 is 1.33 bits per heavy atom. The molecule has 2 aromatic rings. The van der Waals surface area contributed by atoms with Gasteiger partial charge in [0.15, 0.2) is 5.96 Å². The molecule has 27 heavy (non-hydrogen) atoms. The maximum absolute atomic E-state index is 12.6. The summed E-state index contributed by atoms with van der Waals surface area (Å²) in [6.45, 7) is 4.80. The zero-order valence-corrected chi connectivity index (χ0v) is 15.9. The van der Waals surface area contributed by atoms with Gasteiger partial charge in [-0.25, -0.2) is 9.98 Å². The van der Waals surface area contributed by atoms with Crippen LogP contribution >= 0.6 is 0 Å². The molecule has 144 valence electrons. The van der Waals surface area contributed by atoms with Crippen molar-refractivity contribution in [2.75, 3.05) is 38.2 Å². The minimum atomic E-state index is 0.0333. The summed E-state index contributed by atoms with van der Waals surface area (Å²) in [5.74, 6) is 1.34. The molecule has 2 aromatic heterocycles. The number of carbonyl (C=O) groups excluding carboxylic acids is 1. The minimum absolute atomic E-state index is 0.0333. The first-order chi connectivity index (χ1) is 13.1. The highest BCUT2D eigenvalue weighted by Gasteiger charge is 2.27. The molecule has 0 radical (unpaired) electrons. The molecule has 0 atom stereocenters. The second-order valence-electron chi connectivity index (χ2n) is 6.22. The summed E-state index contributed by atoms with van der Waals surface area (Å²) in [6, 6.07) is 3.75. The summed E-state index contributed by atoms with van der Waals surface area (Å²) in [5, 5.41) is 7.41. The fourth-order valence-electron chi connectivity index (χ4n) is 2.89. The van der Waals surface area contributed by atoms with Crippen molar-refractivity contribution in [1.29, 1.82) is 0 Å². The number of aliphatic imine (C=N–C) groups is 1. The minimum Gasteiger partial charge on any atom is -0.481 e. The molecule has 0 aromatic carbocycles. The molecule has 0 spiro atoms. The molecule has 9 heteroatoms. The van der Waals surface area contributed by atoms with E-state index in [2.05, 4.69) is 20.4 Å². The first-order valence-corrected chi connectivity index (χ1v) is 8.92. The molecule has 9 nitrogen and oxygen atoms in total. The standard InChI is InChI=1S/C18H25N7O2/c1-4-19-18(21-10-14-5-6-16(27-3)20-9-14)24-7-8-25(17(26)13-24)15-11-22-23(2)12-15/h5-6,9,11-12H,4,7-8,10,13H2,1-3H3,(H,19,21). The predicted molar refractivity (Wildman–Crippen MR) is 103 cm³/mol. The van der Waals surface area contributed by atoms with E-state index in [1.54, 1.807) is 29.1 Å². The molecule has 0 saturated carbocycles. The van der Waals surface area contributed by atoms with Crippen LogP contribution in [-0.4, -0.2) is 64.8 Å². The van der Waals surface area contributed by atoms with Crippen LogP contribution in [0.4, 0.5) is 5.69 Å². The van der Waals surface area contributed by atoms with Gasteiger partial charge in [-0.05, 0) is 12.5 Å². The number of nitrogens with zero attached hydrogens (tertiary/aromatic N) is 6. The molecular weight excluding hydrogens is 346 g/mol. The molecule has 1 aliphatic rings. The van der Waals surface area contributed by atoms with Crippen molar-refractivity contribution in [2.45, 2.75) is 13.5 Å². The van der Waals surface area contributed by atoms with Gasteiger partial charge in [0.25, 0.3) is 0 Å². The van der Waals surface area contributed by atoms with Crippen LogP contribution in [0.3, 0.4) is 0 Å². The number of pyridine rings is 1. The van der Waals surface area contributed by atoms with Crippen LogP contribution in [-0.2, 0) is 18.4 Å². The third-order valence-electron chi connectivity index (χ3n) is 4.28. The quantitative estimate of drug-likeness (QED) is 0.613. The van der Waals surface area contributed by atoms with Gasteiger partial charge in [0.1, 0.15) is 6.54 Å². The predicted octanol–water partition coefficient (Wildman–Crippen LogP) is 0.638. The van der Waals surface area contributed by atoms with Crippen LogP contribution in [0.25, 0.3) is 0 Å². The van der Waals surface area contributed by atoms with E-state index in [0.29, 0.717) is 25.5 Å². The number of aryl methyl sites for hydroxylation is 1. The number of ether oxygens (including phenoxy) is 1. The molecule has 3 heterocycles. The van der Waals surface area contributed by atoms with E-state index in [1.807, 2.05) is 37.2 Å². The lowest BCUT2D eigenvalue weighted by Crippen LogP contribution is -2.55. The largest absolute Gasteiger partial charge is 0.481 e. The number of hydrogen-bond donors (Lipinski definition) is 1. The van der Waals surface area contributed by atoms with Crippen LogP contribution in [0, 0.1) is 0 Å². The van der Waals surface area contributed by atoms with E-state index >= 15 is 0 Å². The number of methoxy groups -OCH3 is 1. The molecule has 1 saturated heterocycles. The molecule has 1 fully saturated rings. The topological polar surface area (TPSA) is 87.9 Å². The monoisotopic (exact) mass is 371 g/mol. The van der Waals surface area contributed by atoms with Crippen molar-refractivity contribution in [3.05, 3.63) is 36.3 Å². The van der Waals surface area contributed by atoms with Gasteiger partial charge in [-0.1, -0.05) is 6.07 Å². The summed E-state index contributed by atoms with van der Waals surface area (Å²) in [4.78, 5) is 25.2. The Hall–Kier alpha value is -3.10. The van der Waals surface area contributed by atoms with Crippen LogP contribution in [0.15, 0.2) is 35.7 Å². The first-order valence-electron chi connectivity index (χ1n) is 8.92. The summed E-state index contributed by atoms with van der Waals surface area (Å²) < 4.78 is 6.77. The molecule has 1 N–H and O–H groups in total. The third kappa shape index (κ3) is 4.55. The van der Waals surface area contributed by atoms with Crippen molar-refractivity contribution in [3.63, 3.8) is 0 Å². The van der Waals surface area contributed by atoms with Gasteiger partial charge in [-0.2, -0.15) is 5.10 Å². The van der Waals surface area contributed by atoms with E-state index in [4.69, 9.17) is 4.74 Å². The van der Waals surface area contributed by atoms with E-state index in [0.717, 1.165) is 23.8 Å². The Bertz CT molecular complexity index is 800. The number of guanidine groups is 1. The van der Waals surface area contributed by atoms with Crippen molar-refractivity contribution in [1.82, 2.24) is 25.0 Å². The average Bonchev–Trinajstić information content (AvgIpc) is 3.11. The lowest BCUT2D eigenvalue weighted by atomic mass is 10.3. The number of hydrogen-bond acceptors (Lipinski definition) is 5. The summed E-state index contributed by atoms with van der Waals surface area (Å²) in [6.07, 6.45) is 5.31. The number of rotatable bonds is 5. The average molecular weight is 371 g/mol. The zero-order valence-electron chi connectivity index (χ0n) is 15.9. The summed E-state index contributed by atoms with van der Waals surface area (Å²) in [5.41, 5.74) is 1.81. The number of aromatic nitrogens is 3. The second kappa shape index (κ2) is 8.52. The Morgan fingerprint density at radius 3 is 2.78 bits per heavy atom. The van der Waals surface area contributed by atoms with Crippen molar-refractivity contribution in [2.24, 2.45) is 12.0 Å². The highest BCUT2D eigenvalue weighted by atomic mass is 16.5. The SMILES string of the molecule is CCNC(=NCc1ccc(OC)nc1)N1CCN(c2cnn(C)c2)C(=O)C1. The van der Waals surface area contributed by atoms with Crippen LogP contribution in [0.1, 0.15) is 12.5 Å². The Kier molecular flexibility index (Phi) is 5.90. The Labute approximate surface area is 158 Å². The molecule has 0 aliphatic carbocycles. The van der Waals surface area contributed by atoms with Gasteiger partial charge in [0, 0.05) is 45.1 Å². The lowest BCUT2D eigenvalue weighted by Gasteiger charge is -2.35. The smallest absolute Gasteiger partial charge is 0.246 e. The van der Waals surface area contributed by atoms with Crippen molar-refractivity contribution < 1.29 is 9.53 Å². The van der Waals surface area contributed by atoms with Crippen molar-refractivity contribution in [3.8, 4) is 5.88 Å². The fourth-order valence-corrected chi connectivity index (χ4v) is 2.89. The van der Waals surface area contributed by atoms with Crippen molar-refractivity contribution >= 4 is 17.6 Å². The first kappa shape index (κ1) is 18.7. The van der Waals surface area contributed by atoms with Gasteiger partial charge in [-0.3, -0.25) is 9.48 Å². The molecule has 0 unspecified atom stereocenters. The van der Waals surface area contributed by atoms with Gasteiger partial charge < -0.3 is 19.9 Å². The summed E-state index contributed by atoms with van der Waals surface area (Å²) >= 11 is 0. The lowest BCUT2D eigenvalue weighted by molar-refractivity contribution is -0.120. The number of piperazine rings is 1.